The molecular formula is C9H14N4O6. The Morgan fingerprint density at radius 3 is 2.68 bits per heavy atom. The van der Waals surface area contributed by atoms with Gasteiger partial charge in [0.15, 0.2) is 5.69 Å². The number of primary amides is 1. The van der Waals surface area contributed by atoms with E-state index in [9.17, 15) is 15.0 Å². The molecule has 1 saturated heterocycles. The van der Waals surface area contributed by atoms with Gasteiger partial charge in [-0.1, -0.05) is 0 Å². The number of imidazole rings is 1. The van der Waals surface area contributed by atoms with Gasteiger partial charge in [0.25, 0.3) is 12.2 Å². The van der Waals surface area contributed by atoms with Gasteiger partial charge in [0.2, 0.25) is 5.95 Å². The molecule has 0 aromatic carbocycles. The summed E-state index contributed by atoms with van der Waals surface area (Å²) in [6.45, 7) is -0.482. The average molecular weight is 274 g/mol. The van der Waals surface area contributed by atoms with Gasteiger partial charge in [-0.2, -0.15) is 4.73 Å². The highest BCUT2D eigenvalue weighted by Gasteiger charge is 2.44. The van der Waals surface area contributed by atoms with E-state index in [0.29, 0.717) is 0 Å². The van der Waals surface area contributed by atoms with Crippen LogP contribution in [0.15, 0.2) is 6.20 Å². The van der Waals surface area contributed by atoms with Gasteiger partial charge in [-0.15, -0.1) is 0 Å². The molecule has 106 valence electrons. The third-order valence-electron chi connectivity index (χ3n) is 2.67. The van der Waals surface area contributed by atoms with Gasteiger partial charge in [-0.05, 0) is 0 Å². The Kier molecular flexibility index (Phi) is 3.57. The van der Waals surface area contributed by atoms with Gasteiger partial charge >= 0.3 is 0 Å². The molecule has 1 aliphatic rings. The number of anilines is 1. The predicted molar refractivity (Wildman–Crippen MR) is 59.5 cm³/mol. The van der Waals surface area contributed by atoms with Crippen molar-refractivity contribution in [2.45, 2.75) is 24.6 Å². The van der Waals surface area contributed by atoms with Crippen molar-refractivity contribution in [2.75, 3.05) is 12.3 Å². The Labute approximate surface area is 107 Å². The van der Waals surface area contributed by atoms with Gasteiger partial charge in [0.1, 0.15) is 18.3 Å². The normalized spacial score (nSPS) is 30.5. The van der Waals surface area contributed by atoms with Gasteiger partial charge in [0.05, 0.1) is 12.8 Å². The number of hydrogen-bond acceptors (Lipinski definition) is 8. The third-order valence-corrected chi connectivity index (χ3v) is 2.67. The molecule has 2 rings (SSSR count). The molecule has 0 bridgehead atoms. The van der Waals surface area contributed by atoms with Crippen molar-refractivity contribution in [1.29, 1.82) is 0 Å². The van der Waals surface area contributed by atoms with Crippen LogP contribution in [-0.4, -0.2) is 62.1 Å². The minimum absolute atomic E-state index is 0.121. The van der Waals surface area contributed by atoms with Crippen molar-refractivity contribution in [3.05, 3.63) is 11.9 Å². The number of aliphatic hydroxyl groups excluding tert-OH is 3. The minimum atomic E-state index is -1.38. The van der Waals surface area contributed by atoms with Crippen LogP contribution in [0.2, 0.25) is 0 Å². The second-order valence-electron chi connectivity index (χ2n) is 3.99. The second kappa shape index (κ2) is 5.01. The summed E-state index contributed by atoms with van der Waals surface area (Å²) in [5.74, 6) is -0.971. The maximum Gasteiger partial charge on any atom is 0.269 e. The number of nitrogens with zero attached hydrogens (tertiary/aromatic N) is 2. The summed E-state index contributed by atoms with van der Waals surface area (Å²) in [5, 5.41) is 28.1. The first-order valence-electron chi connectivity index (χ1n) is 5.38. The molecule has 4 atom stereocenters. The maximum absolute atomic E-state index is 10.9. The third kappa shape index (κ3) is 2.46. The Hall–Kier alpha value is -1.88. The van der Waals surface area contributed by atoms with E-state index in [0.717, 1.165) is 10.9 Å². The lowest BCUT2D eigenvalue weighted by Crippen LogP contribution is -2.38. The molecule has 0 unspecified atom stereocenters. The summed E-state index contributed by atoms with van der Waals surface area (Å²) >= 11 is 0. The maximum atomic E-state index is 10.9. The van der Waals surface area contributed by atoms with Crippen molar-refractivity contribution in [2.24, 2.45) is 5.73 Å². The molecule has 0 spiro atoms. The number of aliphatic hydroxyl groups is 3. The number of hydrogen-bond donors (Lipinski definition) is 5. The second-order valence-corrected chi connectivity index (χ2v) is 3.99. The highest BCUT2D eigenvalue weighted by atomic mass is 16.8. The fourth-order valence-corrected chi connectivity index (χ4v) is 1.65. The molecule has 0 aliphatic carbocycles. The van der Waals surface area contributed by atoms with Crippen LogP contribution in [0.25, 0.3) is 0 Å². The van der Waals surface area contributed by atoms with Gasteiger partial charge in [0, 0.05) is 0 Å². The number of carbonyl (C=O) groups excluding carboxylic acids is 1. The van der Waals surface area contributed by atoms with E-state index in [-0.39, 0.29) is 11.6 Å². The van der Waals surface area contributed by atoms with E-state index in [1.807, 2.05) is 0 Å². The van der Waals surface area contributed by atoms with E-state index in [1.54, 1.807) is 0 Å². The van der Waals surface area contributed by atoms with Crippen LogP contribution in [0, 0.1) is 0 Å². The van der Waals surface area contributed by atoms with Crippen molar-refractivity contribution in [1.82, 2.24) is 9.71 Å². The van der Waals surface area contributed by atoms with Crippen LogP contribution in [0.4, 0.5) is 5.95 Å². The summed E-state index contributed by atoms with van der Waals surface area (Å²) in [6, 6.07) is 0. The van der Waals surface area contributed by atoms with Crippen LogP contribution in [0.1, 0.15) is 10.5 Å². The zero-order valence-corrected chi connectivity index (χ0v) is 9.71. The summed E-state index contributed by atoms with van der Waals surface area (Å²) in [7, 11) is 0. The molecule has 2 heterocycles. The zero-order valence-electron chi connectivity index (χ0n) is 9.71. The Balaban J connectivity index is 2.11. The summed E-state index contributed by atoms with van der Waals surface area (Å²) in [4.78, 5) is 19.7. The molecule has 1 amide bonds. The molecule has 10 nitrogen and oxygen atoms in total. The first-order chi connectivity index (χ1) is 8.93. The first kappa shape index (κ1) is 13.5. The summed E-state index contributed by atoms with van der Waals surface area (Å²) in [6.07, 6.45) is -3.79. The minimum Gasteiger partial charge on any atom is -0.394 e. The highest BCUT2D eigenvalue weighted by molar-refractivity contribution is 5.90. The number of amides is 1. The topological polar surface area (TPSA) is 166 Å². The van der Waals surface area contributed by atoms with E-state index in [2.05, 4.69) is 4.98 Å². The molecule has 10 heteroatoms. The van der Waals surface area contributed by atoms with Crippen LogP contribution >= 0.6 is 0 Å². The van der Waals surface area contributed by atoms with Crippen molar-refractivity contribution in [3.63, 3.8) is 0 Å². The summed E-state index contributed by atoms with van der Waals surface area (Å²) < 4.78 is 5.96. The van der Waals surface area contributed by atoms with Gasteiger partial charge < -0.3 is 36.4 Å². The number of aromatic nitrogens is 2. The van der Waals surface area contributed by atoms with Crippen molar-refractivity contribution >= 4 is 11.9 Å². The average Bonchev–Trinajstić information content (AvgIpc) is 2.85. The van der Waals surface area contributed by atoms with E-state index in [4.69, 9.17) is 26.1 Å². The van der Waals surface area contributed by atoms with E-state index >= 15 is 0 Å². The van der Waals surface area contributed by atoms with Crippen molar-refractivity contribution < 1.29 is 29.7 Å². The standard InChI is InChI=1S/C9H14N4O6/c10-7(17)3-1-13(9(11)12-3)19-8-6(16)5(15)4(2-14)18-8/h1,4-6,8,14-16H,2H2,(H2,10,17)(H2,11,12)/t4-,5-,6-,8+/m1/s1. The van der Waals surface area contributed by atoms with E-state index < -0.39 is 37.1 Å². The smallest absolute Gasteiger partial charge is 0.269 e. The molecular weight excluding hydrogens is 260 g/mol. The highest BCUT2D eigenvalue weighted by Crippen LogP contribution is 2.21. The zero-order chi connectivity index (χ0) is 14.2. The summed E-state index contributed by atoms with van der Waals surface area (Å²) in [5.41, 5.74) is 10.4. The molecule has 7 N–H and O–H groups in total. The predicted octanol–water partition coefficient (Wildman–Crippen LogP) is -3.57. The van der Waals surface area contributed by atoms with Gasteiger partial charge in [-0.25, -0.2) is 4.98 Å². The molecule has 1 aromatic heterocycles. The van der Waals surface area contributed by atoms with Crippen LogP contribution < -0.4 is 16.3 Å². The number of ether oxygens (including phenoxy) is 1. The number of carbonyl (C=O) groups is 1. The Bertz CT molecular complexity index is 477. The quantitative estimate of drug-likeness (QED) is 0.376. The molecule has 1 fully saturated rings. The molecule has 0 saturated carbocycles. The Morgan fingerprint density at radius 2 is 2.21 bits per heavy atom. The largest absolute Gasteiger partial charge is 0.394 e. The number of rotatable bonds is 4. The van der Waals surface area contributed by atoms with Crippen LogP contribution in [0.3, 0.4) is 0 Å². The van der Waals surface area contributed by atoms with Crippen LogP contribution in [-0.2, 0) is 4.74 Å². The lowest BCUT2D eigenvalue weighted by Gasteiger charge is -2.16. The SMILES string of the molecule is NC(=O)c1cn(O[C@@H]2O[C@H](CO)[C@@H](O)[C@H]2O)c(N)n1. The van der Waals surface area contributed by atoms with Gasteiger partial charge in [-0.3, -0.25) is 4.79 Å². The van der Waals surface area contributed by atoms with E-state index in [1.165, 1.54) is 0 Å². The molecule has 1 aliphatic heterocycles. The van der Waals surface area contributed by atoms with Crippen LogP contribution in [0.5, 0.6) is 0 Å². The molecule has 1 aromatic rings. The fraction of sp³-hybridized carbons (Fsp3) is 0.556. The number of nitrogen functional groups attached to an aromatic ring is 1. The first-order valence-corrected chi connectivity index (χ1v) is 5.38. The molecule has 19 heavy (non-hydrogen) atoms. The monoisotopic (exact) mass is 274 g/mol. The van der Waals surface area contributed by atoms with Crippen molar-refractivity contribution in [3.8, 4) is 0 Å². The number of nitrogens with two attached hydrogens (primary N) is 2. The lowest BCUT2D eigenvalue weighted by atomic mass is 10.1. The Morgan fingerprint density at radius 1 is 1.53 bits per heavy atom. The molecule has 0 radical (unpaired) electrons. The lowest BCUT2D eigenvalue weighted by molar-refractivity contribution is -0.169. The fourth-order valence-electron chi connectivity index (χ4n) is 1.65.